The molecule has 0 heterocycles. The lowest BCUT2D eigenvalue weighted by Gasteiger charge is -2.22. The van der Waals surface area contributed by atoms with Crippen LogP contribution < -0.4 is 11.5 Å². The van der Waals surface area contributed by atoms with Gasteiger partial charge in [-0.1, -0.05) is 18.2 Å². The lowest BCUT2D eigenvalue weighted by molar-refractivity contribution is 0.250. The molecule has 1 aromatic carbocycles. The Hall–Kier alpha value is -0.900. The average molecular weight is 220 g/mol. The SMILES string of the molecule is NC(CO)C(N)c1ccc2c(c1)CCCC2. The third-order valence-electron chi connectivity index (χ3n) is 3.43. The number of hydrogen-bond acceptors (Lipinski definition) is 3. The maximum absolute atomic E-state index is 9.00. The number of aliphatic hydroxyl groups excluding tert-OH is 1. The number of benzene rings is 1. The van der Waals surface area contributed by atoms with Crippen molar-refractivity contribution < 1.29 is 5.11 Å². The van der Waals surface area contributed by atoms with Crippen molar-refractivity contribution in [3.63, 3.8) is 0 Å². The summed E-state index contributed by atoms with van der Waals surface area (Å²) in [5, 5.41) is 9.00. The first kappa shape index (κ1) is 11.6. The van der Waals surface area contributed by atoms with Crippen LogP contribution in [0.15, 0.2) is 18.2 Å². The van der Waals surface area contributed by atoms with E-state index in [1.54, 1.807) is 0 Å². The van der Waals surface area contributed by atoms with Crippen LogP contribution >= 0.6 is 0 Å². The third kappa shape index (κ3) is 2.26. The standard InChI is InChI=1S/C13H20N2O/c14-12(8-16)13(15)11-6-5-9-3-1-2-4-10(9)7-11/h5-7,12-13,16H,1-4,8,14-15H2. The molecule has 0 radical (unpaired) electrons. The van der Waals surface area contributed by atoms with Gasteiger partial charge in [0.2, 0.25) is 0 Å². The van der Waals surface area contributed by atoms with Gasteiger partial charge in [0.1, 0.15) is 0 Å². The Balaban J connectivity index is 2.22. The Morgan fingerprint density at radius 2 is 1.81 bits per heavy atom. The van der Waals surface area contributed by atoms with E-state index in [4.69, 9.17) is 16.6 Å². The van der Waals surface area contributed by atoms with E-state index in [-0.39, 0.29) is 18.7 Å². The highest BCUT2D eigenvalue weighted by Crippen LogP contribution is 2.24. The summed E-state index contributed by atoms with van der Waals surface area (Å²) < 4.78 is 0. The number of fused-ring (bicyclic) bond motifs is 1. The van der Waals surface area contributed by atoms with E-state index < -0.39 is 0 Å². The van der Waals surface area contributed by atoms with Crippen molar-refractivity contribution >= 4 is 0 Å². The summed E-state index contributed by atoms with van der Waals surface area (Å²) in [6, 6.07) is 5.73. The predicted molar refractivity (Wildman–Crippen MR) is 65.1 cm³/mol. The molecule has 0 amide bonds. The van der Waals surface area contributed by atoms with Crippen molar-refractivity contribution in [2.75, 3.05) is 6.61 Å². The number of hydrogen-bond donors (Lipinski definition) is 3. The van der Waals surface area contributed by atoms with Crippen molar-refractivity contribution in [3.05, 3.63) is 34.9 Å². The van der Waals surface area contributed by atoms with Crippen LogP contribution in [0.5, 0.6) is 0 Å². The molecular formula is C13H20N2O. The fourth-order valence-electron chi connectivity index (χ4n) is 2.32. The molecule has 2 rings (SSSR count). The fraction of sp³-hybridized carbons (Fsp3) is 0.538. The summed E-state index contributed by atoms with van der Waals surface area (Å²) in [5.41, 5.74) is 15.6. The van der Waals surface area contributed by atoms with Gasteiger partial charge in [-0.15, -0.1) is 0 Å². The van der Waals surface area contributed by atoms with Crippen molar-refractivity contribution in [3.8, 4) is 0 Å². The van der Waals surface area contributed by atoms with Crippen LogP contribution in [0, 0.1) is 0 Å². The quantitative estimate of drug-likeness (QED) is 0.708. The summed E-state index contributed by atoms with van der Waals surface area (Å²) in [6.07, 6.45) is 4.87. The lowest BCUT2D eigenvalue weighted by Crippen LogP contribution is -2.37. The van der Waals surface area contributed by atoms with Crippen LogP contribution in [-0.4, -0.2) is 17.8 Å². The molecule has 1 aromatic rings. The normalized spacial score (nSPS) is 18.9. The fourth-order valence-corrected chi connectivity index (χ4v) is 2.32. The van der Waals surface area contributed by atoms with Gasteiger partial charge in [-0.05, 0) is 42.4 Å². The molecule has 2 atom stereocenters. The first-order valence-electron chi connectivity index (χ1n) is 5.96. The molecule has 2 unspecified atom stereocenters. The topological polar surface area (TPSA) is 72.3 Å². The van der Waals surface area contributed by atoms with Gasteiger partial charge in [0.05, 0.1) is 6.61 Å². The van der Waals surface area contributed by atoms with E-state index in [0.29, 0.717) is 0 Å². The molecule has 0 saturated heterocycles. The van der Waals surface area contributed by atoms with Crippen LogP contribution in [0.1, 0.15) is 35.6 Å². The summed E-state index contributed by atoms with van der Waals surface area (Å²) in [4.78, 5) is 0. The van der Waals surface area contributed by atoms with Crippen molar-refractivity contribution in [2.45, 2.75) is 37.8 Å². The number of aliphatic hydroxyl groups is 1. The third-order valence-corrected chi connectivity index (χ3v) is 3.43. The Kier molecular flexibility index (Phi) is 3.59. The van der Waals surface area contributed by atoms with Gasteiger partial charge in [-0.3, -0.25) is 0 Å². The van der Waals surface area contributed by atoms with Crippen LogP contribution in [0.25, 0.3) is 0 Å². The molecule has 0 aliphatic heterocycles. The minimum atomic E-state index is -0.373. The van der Waals surface area contributed by atoms with Gasteiger partial charge >= 0.3 is 0 Å². The summed E-state index contributed by atoms with van der Waals surface area (Å²) in [5.74, 6) is 0. The van der Waals surface area contributed by atoms with Gasteiger partial charge in [0.15, 0.2) is 0 Å². The van der Waals surface area contributed by atoms with Crippen LogP contribution in [-0.2, 0) is 12.8 Å². The van der Waals surface area contributed by atoms with Crippen LogP contribution in [0.2, 0.25) is 0 Å². The molecule has 0 saturated carbocycles. The van der Waals surface area contributed by atoms with Gasteiger partial charge < -0.3 is 16.6 Å². The van der Waals surface area contributed by atoms with Crippen molar-refractivity contribution in [1.82, 2.24) is 0 Å². The van der Waals surface area contributed by atoms with Gasteiger partial charge in [0.25, 0.3) is 0 Å². The Labute approximate surface area is 96.5 Å². The second-order valence-electron chi connectivity index (χ2n) is 4.61. The zero-order valence-electron chi connectivity index (χ0n) is 9.52. The molecular weight excluding hydrogens is 200 g/mol. The number of aryl methyl sites for hydroxylation is 2. The van der Waals surface area contributed by atoms with E-state index in [0.717, 1.165) is 12.0 Å². The smallest absolute Gasteiger partial charge is 0.0601 e. The Morgan fingerprint density at radius 1 is 1.12 bits per heavy atom. The van der Waals surface area contributed by atoms with E-state index in [1.807, 2.05) is 6.07 Å². The maximum Gasteiger partial charge on any atom is 0.0601 e. The molecule has 0 aromatic heterocycles. The Morgan fingerprint density at radius 3 is 2.50 bits per heavy atom. The molecule has 5 N–H and O–H groups in total. The number of rotatable bonds is 3. The first-order chi connectivity index (χ1) is 7.72. The van der Waals surface area contributed by atoms with Gasteiger partial charge in [0, 0.05) is 12.1 Å². The van der Waals surface area contributed by atoms with Gasteiger partial charge in [-0.2, -0.15) is 0 Å². The predicted octanol–water partition coefficient (Wildman–Crippen LogP) is 0.885. The molecule has 0 fully saturated rings. The van der Waals surface area contributed by atoms with Crippen molar-refractivity contribution in [2.24, 2.45) is 11.5 Å². The van der Waals surface area contributed by atoms with Gasteiger partial charge in [-0.25, -0.2) is 0 Å². The summed E-state index contributed by atoms with van der Waals surface area (Å²) in [6.45, 7) is -0.0712. The second-order valence-corrected chi connectivity index (χ2v) is 4.61. The van der Waals surface area contributed by atoms with E-state index in [2.05, 4.69) is 12.1 Å². The van der Waals surface area contributed by atoms with Crippen molar-refractivity contribution in [1.29, 1.82) is 0 Å². The molecule has 88 valence electrons. The number of nitrogens with two attached hydrogens (primary N) is 2. The van der Waals surface area contributed by atoms with Crippen LogP contribution in [0.3, 0.4) is 0 Å². The zero-order valence-corrected chi connectivity index (χ0v) is 9.52. The zero-order chi connectivity index (χ0) is 11.5. The highest BCUT2D eigenvalue weighted by atomic mass is 16.3. The molecule has 1 aliphatic rings. The van der Waals surface area contributed by atoms with E-state index in [1.165, 1.54) is 30.4 Å². The van der Waals surface area contributed by atoms with E-state index in [9.17, 15) is 0 Å². The first-order valence-corrected chi connectivity index (χ1v) is 5.96. The monoisotopic (exact) mass is 220 g/mol. The summed E-state index contributed by atoms with van der Waals surface area (Å²) >= 11 is 0. The average Bonchev–Trinajstić information content (AvgIpc) is 2.36. The molecule has 1 aliphatic carbocycles. The lowest BCUT2D eigenvalue weighted by atomic mass is 9.88. The minimum absolute atomic E-state index is 0.0712. The molecule has 0 spiro atoms. The highest BCUT2D eigenvalue weighted by molar-refractivity contribution is 5.35. The molecule has 0 bridgehead atoms. The minimum Gasteiger partial charge on any atom is -0.395 e. The van der Waals surface area contributed by atoms with Crippen LogP contribution in [0.4, 0.5) is 0 Å². The highest BCUT2D eigenvalue weighted by Gasteiger charge is 2.17. The molecule has 3 heteroatoms. The second kappa shape index (κ2) is 4.95. The maximum atomic E-state index is 9.00. The largest absolute Gasteiger partial charge is 0.395 e. The van der Waals surface area contributed by atoms with E-state index >= 15 is 0 Å². The summed E-state index contributed by atoms with van der Waals surface area (Å²) in [7, 11) is 0. The molecule has 16 heavy (non-hydrogen) atoms. The molecule has 3 nitrogen and oxygen atoms in total. The Bertz CT molecular complexity index is 365.